The monoisotopic (exact) mass is 369 g/mol. The van der Waals surface area contributed by atoms with Gasteiger partial charge in [0.15, 0.2) is 0 Å². The highest BCUT2D eigenvalue weighted by molar-refractivity contribution is 9.10. The number of aryl methyl sites for hydroxylation is 2. The zero-order valence-electron chi connectivity index (χ0n) is 13.2. The average Bonchev–Trinajstić information content (AvgIpc) is 2.54. The van der Waals surface area contributed by atoms with Gasteiger partial charge >= 0.3 is 0 Å². The summed E-state index contributed by atoms with van der Waals surface area (Å²) in [5.41, 5.74) is 4.06. The summed E-state index contributed by atoms with van der Waals surface area (Å²) in [6, 6.07) is 13.5. The van der Waals surface area contributed by atoms with Crippen LogP contribution < -0.4 is 15.8 Å². The fourth-order valence-electron chi connectivity index (χ4n) is 2.66. The van der Waals surface area contributed by atoms with Crippen molar-refractivity contribution >= 4 is 27.3 Å². The van der Waals surface area contributed by atoms with Gasteiger partial charge < -0.3 is 4.90 Å². The lowest BCUT2D eigenvalue weighted by atomic mass is 9.95. The summed E-state index contributed by atoms with van der Waals surface area (Å²) >= 11 is 3.40. The van der Waals surface area contributed by atoms with Crippen LogP contribution >= 0.6 is 15.9 Å². The van der Waals surface area contributed by atoms with Gasteiger partial charge in [0.05, 0.1) is 5.56 Å². The van der Waals surface area contributed by atoms with Crippen LogP contribution in [0.3, 0.4) is 0 Å². The molecule has 0 amide bonds. The summed E-state index contributed by atoms with van der Waals surface area (Å²) in [5, 5.41) is 0. The van der Waals surface area contributed by atoms with Crippen molar-refractivity contribution in [3.8, 4) is 11.1 Å². The number of anilines is 2. The van der Waals surface area contributed by atoms with Gasteiger partial charge in [0.25, 0.3) is 5.43 Å². The molecule has 0 fully saturated rings. The molecule has 3 aromatic rings. The highest BCUT2D eigenvalue weighted by atomic mass is 79.9. The molecule has 3 nitrogen and oxygen atoms in total. The Bertz CT molecular complexity index is 951. The number of nitrogens with zero attached hydrogens (tertiary/aromatic N) is 1. The van der Waals surface area contributed by atoms with Crippen LogP contribution in [-0.2, 0) is 0 Å². The molecule has 0 heterocycles. The maximum Gasteiger partial charge on any atom is 0.250 e. The summed E-state index contributed by atoms with van der Waals surface area (Å²) in [5.74, 6) is 0. The third-order valence-corrected chi connectivity index (χ3v) is 4.76. The smallest absolute Gasteiger partial charge is 0.250 e. The standard InChI is InChI=1S/C19H16BrNO2/c1-11-4-5-13(10-12(11)2)16-17(19(23)18(16)22)21(3)15-8-6-14(20)7-9-15/h4-10H,1-3H3. The second-order valence-electron chi connectivity index (χ2n) is 5.72. The van der Waals surface area contributed by atoms with E-state index in [2.05, 4.69) is 15.9 Å². The molecule has 0 aliphatic carbocycles. The second-order valence-corrected chi connectivity index (χ2v) is 6.63. The van der Waals surface area contributed by atoms with Gasteiger partial charge in [-0.05, 0) is 54.8 Å². The van der Waals surface area contributed by atoms with E-state index in [1.54, 1.807) is 4.90 Å². The summed E-state index contributed by atoms with van der Waals surface area (Å²) < 4.78 is 0.967. The van der Waals surface area contributed by atoms with Crippen molar-refractivity contribution in [2.24, 2.45) is 0 Å². The Morgan fingerprint density at radius 1 is 0.870 bits per heavy atom. The first-order chi connectivity index (χ1) is 10.9. The fourth-order valence-corrected chi connectivity index (χ4v) is 2.92. The van der Waals surface area contributed by atoms with Crippen LogP contribution in [0.5, 0.6) is 0 Å². The maximum atomic E-state index is 12.1. The van der Waals surface area contributed by atoms with Gasteiger partial charge in [-0.15, -0.1) is 0 Å². The van der Waals surface area contributed by atoms with E-state index in [0.29, 0.717) is 11.3 Å². The predicted octanol–water partition coefficient (Wildman–Crippen LogP) is 4.10. The molecule has 0 saturated carbocycles. The SMILES string of the molecule is Cc1ccc(-c2c(N(C)c3ccc(Br)cc3)c(=O)c2=O)cc1C. The Morgan fingerprint density at radius 2 is 1.52 bits per heavy atom. The molecular formula is C19H16BrNO2. The minimum absolute atomic E-state index is 0.410. The van der Waals surface area contributed by atoms with E-state index in [4.69, 9.17) is 0 Å². The van der Waals surface area contributed by atoms with E-state index in [9.17, 15) is 9.59 Å². The third-order valence-electron chi connectivity index (χ3n) is 4.23. The number of rotatable bonds is 3. The fraction of sp³-hybridized carbons (Fsp3) is 0.158. The van der Waals surface area contributed by atoms with E-state index < -0.39 is 10.9 Å². The third kappa shape index (κ3) is 2.63. The van der Waals surface area contributed by atoms with Crippen LogP contribution in [0.15, 0.2) is 56.5 Å². The molecule has 0 unspecified atom stereocenters. The zero-order chi connectivity index (χ0) is 16.7. The van der Waals surface area contributed by atoms with Crippen LogP contribution in [0.4, 0.5) is 11.4 Å². The number of halogens is 1. The quantitative estimate of drug-likeness (QED) is 0.652. The van der Waals surface area contributed by atoms with Crippen LogP contribution in [0, 0.1) is 13.8 Å². The van der Waals surface area contributed by atoms with Crippen LogP contribution in [0.2, 0.25) is 0 Å². The molecule has 0 radical (unpaired) electrons. The number of hydrogen-bond acceptors (Lipinski definition) is 3. The molecule has 0 saturated heterocycles. The molecular weight excluding hydrogens is 354 g/mol. The van der Waals surface area contributed by atoms with Crippen LogP contribution in [0.25, 0.3) is 11.1 Å². The Kier molecular flexibility index (Phi) is 3.94. The lowest BCUT2D eigenvalue weighted by Crippen LogP contribution is -2.38. The molecule has 0 N–H and O–H groups in total. The normalized spacial score (nSPS) is 11.0. The van der Waals surface area contributed by atoms with Gasteiger partial charge in [0.2, 0.25) is 5.43 Å². The Labute approximate surface area is 143 Å². The number of benzene rings is 2. The van der Waals surface area contributed by atoms with Crippen molar-refractivity contribution in [3.05, 3.63) is 78.5 Å². The van der Waals surface area contributed by atoms with Crippen molar-refractivity contribution in [1.82, 2.24) is 0 Å². The van der Waals surface area contributed by atoms with E-state index in [-0.39, 0.29) is 0 Å². The minimum atomic E-state index is -0.427. The van der Waals surface area contributed by atoms with Crippen molar-refractivity contribution in [3.63, 3.8) is 0 Å². The topological polar surface area (TPSA) is 37.4 Å². The highest BCUT2D eigenvalue weighted by Crippen LogP contribution is 2.32. The lowest BCUT2D eigenvalue weighted by Gasteiger charge is -2.23. The minimum Gasteiger partial charge on any atom is -0.341 e. The molecule has 3 aromatic carbocycles. The van der Waals surface area contributed by atoms with Crippen molar-refractivity contribution in [1.29, 1.82) is 0 Å². The van der Waals surface area contributed by atoms with Gasteiger partial charge in [0, 0.05) is 17.2 Å². The highest BCUT2D eigenvalue weighted by Gasteiger charge is 2.26. The Morgan fingerprint density at radius 3 is 2.13 bits per heavy atom. The van der Waals surface area contributed by atoms with Gasteiger partial charge in [0.1, 0.15) is 5.69 Å². The Hall–Kier alpha value is -2.20. The largest absolute Gasteiger partial charge is 0.341 e. The first-order valence-corrected chi connectivity index (χ1v) is 8.09. The molecule has 0 aliphatic heterocycles. The molecule has 0 bridgehead atoms. The van der Waals surface area contributed by atoms with Crippen molar-refractivity contribution in [2.75, 3.05) is 11.9 Å². The molecule has 0 spiro atoms. The van der Waals surface area contributed by atoms with Gasteiger partial charge in [-0.25, -0.2) is 0 Å². The van der Waals surface area contributed by atoms with Gasteiger partial charge in [-0.2, -0.15) is 0 Å². The molecule has 116 valence electrons. The molecule has 23 heavy (non-hydrogen) atoms. The van der Waals surface area contributed by atoms with E-state index in [1.807, 2.05) is 63.4 Å². The van der Waals surface area contributed by atoms with E-state index in [0.717, 1.165) is 26.9 Å². The first kappa shape index (κ1) is 15.7. The summed E-state index contributed by atoms with van der Waals surface area (Å²) in [7, 11) is 1.81. The average molecular weight is 370 g/mol. The summed E-state index contributed by atoms with van der Waals surface area (Å²) in [4.78, 5) is 26.0. The Balaban J connectivity index is 2.09. The molecule has 0 aliphatic rings. The van der Waals surface area contributed by atoms with E-state index >= 15 is 0 Å². The molecule has 4 heteroatoms. The van der Waals surface area contributed by atoms with Gasteiger partial charge in [-0.1, -0.05) is 34.1 Å². The lowest BCUT2D eigenvalue weighted by molar-refractivity contribution is 1.16. The summed E-state index contributed by atoms with van der Waals surface area (Å²) in [6.45, 7) is 4.03. The first-order valence-electron chi connectivity index (χ1n) is 7.30. The van der Waals surface area contributed by atoms with Crippen molar-refractivity contribution < 1.29 is 0 Å². The molecule has 0 aromatic heterocycles. The maximum absolute atomic E-state index is 12.1. The second kappa shape index (κ2) is 5.78. The summed E-state index contributed by atoms with van der Waals surface area (Å²) in [6.07, 6.45) is 0. The zero-order valence-corrected chi connectivity index (χ0v) is 14.8. The van der Waals surface area contributed by atoms with Crippen LogP contribution in [0.1, 0.15) is 11.1 Å². The van der Waals surface area contributed by atoms with Gasteiger partial charge in [-0.3, -0.25) is 9.59 Å². The molecule has 0 atom stereocenters. The molecule has 3 rings (SSSR count). The predicted molar refractivity (Wildman–Crippen MR) is 98.5 cm³/mol. The number of hydrogen-bond donors (Lipinski definition) is 0. The van der Waals surface area contributed by atoms with Crippen molar-refractivity contribution in [2.45, 2.75) is 13.8 Å². The van der Waals surface area contributed by atoms with Crippen LogP contribution in [-0.4, -0.2) is 7.05 Å². The van der Waals surface area contributed by atoms with E-state index in [1.165, 1.54) is 0 Å².